The van der Waals surface area contributed by atoms with Crippen molar-refractivity contribution in [3.8, 4) is 0 Å². The molecule has 3 nitrogen and oxygen atoms in total. The molecular weight excluding hydrogens is 284 g/mol. The third kappa shape index (κ3) is 2.95. The van der Waals surface area contributed by atoms with Crippen molar-refractivity contribution in [2.75, 3.05) is 6.54 Å². The fourth-order valence-corrected chi connectivity index (χ4v) is 3.23. The minimum absolute atomic E-state index is 0.0556. The maximum atomic E-state index is 12.8. The van der Waals surface area contributed by atoms with Gasteiger partial charge in [0.2, 0.25) is 5.91 Å². The number of halogens is 1. The highest BCUT2D eigenvalue weighted by Crippen LogP contribution is 2.37. The van der Waals surface area contributed by atoms with Gasteiger partial charge in [0.05, 0.1) is 5.54 Å². The Balaban J connectivity index is 1.85. The Labute approximate surface area is 131 Å². The molecule has 1 aliphatic carbocycles. The summed E-state index contributed by atoms with van der Waals surface area (Å²) in [4.78, 5) is 14.8. The van der Waals surface area contributed by atoms with Crippen LogP contribution in [-0.2, 0) is 4.79 Å². The van der Waals surface area contributed by atoms with E-state index in [1.165, 1.54) is 12.8 Å². The molecule has 1 saturated carbocycles. The Morgan fingerprint density at radius 1 is 1.43 bits per heavy atom. The first kappa shape index (κ1) is 14.9. The van der Waals surface area contributed by atoms with Gasteiger partial charge >= 0.3 is 0 Å². The summed E-state index contributed by atoms with van der Waals surface area (Å²) in [6.07, 6.45) is 4.50. The number of benzene rings is 1. The van der Waals surface area contributed by atoms with Crippen LogP contribution in [0.2, 0.25) is 5.02 Å². The largest absolute Gasteiger partial charge is 0.321 e. The van der Waals surface area contributed by atoms with E-state index < -0.39 is 5.54 Å². The second-order valence-electron chi connectivity index (χ2n) is 6.52. The van der Waals surface area contributed by atoms with Crippen LogP contribution in [0.5, 0.6) is 0 Å². The number of carbonyl (C=O) groups excluding carboxylic acids is 1. The van der Waals surface area contributed by atoms with Crippen LogP contribution < -0.4 is 5.32 Å². The maximum absolute atomic E-state index is 12.8. The summed E-state index contributed by atoms with van der Waals surface area (Å²) in [5.41, 5.74) is 0.611. The Hall–Kier alpha value is -1.06. The highest BCUT2D eigenvalue weighted by molar-refractivity contribution is 6.30. The smallest absolute Gasteiger partial charge is 0.244 e. The topological polar surface area (TPSA) is 32.3 Å². The molecule has 2 aliphatic rings. The Morgan fingerprint density at radius 3 is 2.81 bits per heavy atom. The molecule has 1 N–H and O–H groups in total. The zero-order valence-corrected chi connectivity index (χ0v) is 13.5. The van der Waals surface area contributed by atoms with Gasteiger partial charge in [-0.05, 0) is 43.4 Å². The van der Waals surface area contributed by atoms with Gasteiger partial charge in [0, 0.05) is 11.6 Å². The van der Waals surface area contributed by atoms with Gasteiger partial charge < -0.3 is 4.90 Å². The van der Waals surface area contributed by atoms with Crippen LogP contribution in [0.15, 0.2) is 24.3 Å². The lowest BCUT2D eigenvalue weighted by Crippen LogP contribution is -2.43. The molecule has 3 rings (SSSR count). The monoisotopic (exact) mass is 306 g/mol. The summed E-state index contributed by atoms with van der Waals surface area (Å²) in [5, 5.41) is 4.24. The Kier molecular flexibility index (Phi) is 3.98. The van der Waals surface area contributed by atoms with Crippen molar-refractivity contribution in [1.82, 2.24) is 10.2 Å². The molecule has 1 saturated heterocycles. The zero-order valence-electron chi connectivity index (χ0n) is 12.7. The van der Waals surface area contributed by atoms with Crippen LogP contribution in [0.4, 0.5) is 0 Å². The van der Waals surface area contributed by atoms with E-state index >= 15 is 0 Å². The van der Waals surface area contributed by atoms with Crippen molar-refractivity contribution in [1.29, 1.82) is 0 Å². The molecule has 4 heteroatoms. The molecule has 2 fully saturated rings. The van der Waals surface area contributed by atoms with Crippen molar-refractivity contribution in [3.05, 3.63) is 34.9 Å². The first-order chi connectivity index (χ1) is 10.0. The number of rotatable bonds is 5. The SMILES string of the molecule is CCC1(C)NC(c2cccc(Cl)c2)N(CCC2CC2)C1=O. The molecule has 0 radical (unpaired) electrons. The third-order valence-electron chi connectivity index (χ3n) is 4.85. The molecule has 0 aromatic heterocycles. The molecule has 1 aromatic carbocycles. The van der Waals surface area contributed by atoms with E-state index in [1.54, 1.807) is 0 Å². The zero-order chi connectivity index (χ0) is 15.0. The van der Waals surface area contributed by atoms with Crippen molar-refractivity contribution < 1.29 is 4.79 Å². The number of hydrogen-bond donors (Lipinski definition) is 1. The lowest BCUT2D eigenvalue weighted by molar-refractivity contribution is -0.133. The lowest BCUT2D eigenvalue weighted by Gasteiger charge is -2.24. The second-order valence-corrected chi connectivity index (χ2v) is 6.95. The number of hydrogen-bond acceptors (Lipinski definition) is 2. The normalized spacial score (nSPS) is 29.2. The van der Waals surface area contributed by atoms with Gasteiger partial charge in [-0.2, -0.15) is 0 Å². The third-order valence-corrected chi connectivity index (χ3v) is 5.08. The highest BCUT2D eigenvalue weighted by atomic mass is 35.5. The average Bonchev–Trinajstić information content (AvgIpc) is 3.26. The van der Waals surface area contributed by atoms with E-state index in [2.05, 4.69) is 12.2 Å². The number of amides is 1. The summed E-state index contributed by atoms with van der Waals surface area (Å²) in [7, 11) is 0. The van der Waals surface area contributed by atoms with Gasteiger partial charge in [0.15, 0.2) is 0 Å². The number of nitrogens with zero attached hydrogens (tertiary/aromatic N) is 1. The van der Waals surface area contributed by atoms with Crippen molar-refractivity contribution in [2.24, 2.45) is 5.92 Å². The second kappa shape index (κ2) is 5.62. The molecule has 1 aromatic rings. The maximum Gasteiger partial charge on any atom is 0.244 e. The standard InChI is InChI=1S/C17H23ClN2O/c1-3-17(2)16(21)20(10-9-12-7-8-12)15(19-17)13-5-4-6-14(18)11-13/h4-6,11-12,15,19H,3,7-10H2,1-2H3. The molecular formula is C17H23ClN2O. The summed E-state index contributed by atoms with van der Waals surface area (Å²) in [6, 6.07) is 7.82. The first-order valence-corrected chi connectivity index (χ1v) is 8.25. The van der Waals surface area contributed by atoms with Gasteiger partial charge in [-0.25, -0.2) is 0 Å². The van der Waals surface area contributed by atoms with Crippen LogP contribution in [-0.4, -0.2) is 22.9 Å². The first-order valence-electron chi connectivity index (χ1n) is 7.88. The van der Waals surface area contributed by atoms with Gasteiger partial charge in [-0.3, -0.25) is 10.1 Å². The van der Waals surface area contributed by atoms with Crippen LogP contribution in [0.1, 0.15) is 51.3 Å². The van der Waals surface area contributed by atoms with E-state index in [9.17, 15) is 4.79 Å². The van der Waals surface area contributed by atoms with Gasteiger partial charge in [0.1, 0.15) is 6.17 Å². The quantitative estimate of drug-likeness (QED) is 0.899. The summed E-state index contributed by atoms with van der Waals surface area (Å²) < 4.78 is 0. The van der Waals surface area contributed by atoms with Crippen LogP contribution in [0, 0.1) is 5.92 Å². The lowest BCUT2D eigenvalue weighted by atomic mass is 9.99. The van der Waals surface area contributed by atoms with Crippen LogP contribution in [0.3, 0.4) is 0 Å². The van der Waals surface area contributed by atoms with Gasteiger partial charge in [-0.15, -0.1) is 0 Å². The average molecular weight is 307 g/mol. The Bertz CT molecular complexity index is 543. The van der Waals surface area contributed by atoms with E-state index in [0.29, 0.717) is 5.02 Å². The molecule has 2 atom stereocenters. The summed E-state index contributed by atoms with van der Waals surface area (Å²) in [6.45, 7) is 4.90. The molecule has 2 unspecified atom stereocenters. The minimum Gasteiger partial charge on any atom is -0.321 e. The predicted octanol–water partition coefficient (Wildman–Crippen LogP) is 3.74. The number of nitrogens with one attached hydrogen (secondary N) is 1. The molecule has 1 amide bonds. The fourth-order valence-electron chi connectivity index (χ4n) is 3.03. The molecule has 1 heterocycles. The van der Waals surface area contributed by atoms with E-state index in [0.717, 1.165) is 30.9 Å². The van der Waals surface area contributed by atoms with E-state index in [-0.39, 0.29) is 12.1 Å². The van der Waals surface area contributed by atoms with Gasteiger partial charge in [0.25, 0.3) is 0 Å². The van der Waals surface area contributed by atoms with E-state index in [1.807, 2.05) is 36.1 Å². The Morgan fingerprint density at radius 2 is 2.19 bits per heavy atom. The molecule has 21 heavy (non-hydrogen) atoms. The minimum atomic E-state index is -0.462. The fraction of sp³-hybridized carbons (Fsp3) is 0.588. The highest BCUT2D eigenvalue weighted by Gasteiger charge is 2.47. The summed E-state index contributed by atoms with van der Waals surface area (Å²) >= 11 is 6.12. The van der Waals surface area contributed by atoms with Crippen LogP contribution >= 0.6 is 11.6 Å². The molecule has 0 spiro atoms. The van der Waals surface area contributed by atoms with E-state index in [4.69, 9.17) is 11.6 Å². The predicted molar refractivity (Wildman–Crippen MR) is 85.1 cm³/mol. The van der Waals surface area contributed by atoms with Gasteiger partial charge in [-0.1, -0.05) is 43.5 Å². The van der Waals surface area contributed by atoms with Crippen LogP contribution in [0.25, 0.3) is 0 Å². The number of carbonyl (C=O) groups is 1. The molecule has 1 aliphatic heterocycles. The van der Waals surface area contributed by atoms with Crippen molar-refractivity contribution in [2.45, 2.75) is 51.2 Å². The van der Waals surface area contributed by atoms with Crippen molar-refractivity contribution in [3.63, 3.8) is 0 Å². The molecule has 114 valence electrons. The van der Waals surface area contributed by atoms with Crippen molar-refractivity contribution >= 4 is 17.5 Å². The molecule has 0 bridgehead atoms. The summed E-state index contributed by atoms with van der Waals surface area (Å²) in [5.74, 6) is 1.04.